The third kappa shape index (κ3) is 4.81. The highest BCUT2D eigenvalue weighted by atomic mass is 19.4. The van der Waals surface area contributed by atoms with Crippen molar-refractivity contribution >= 4 is 22.5 Å². The number of rotatable bonds is 5. The van der Waals surface area contributed by atoms with Crippen LogP contribution in [-0.4, -0.2) is 60.8 Å². The first-order valence-electron chi connectivity index (χ1n) is 10.7. The molecule has 1 aliphatic rings. The van der Waals surface area contributed by atoms with Gasteiger partial charge in [0.2, 0.25) is 5.91 Å². The average molecular weight is 492 g/mol. The first-order chi connectivity index (χ1) is 16.6. The number of fused-ring (bicyclic) bond motifs is 1. The van der Waals surface area contributed by atoms with E-state index in [1.807, 2.05) is 0 Å². The van der Waals surface area contributed by atoms with E-state index >= 15 is 0 Å². The van der Waals surface area contributed by atoms with Gasteiger partial charge in [0.25, 0.3) is 5.56 Å². The molecule has 3 aromatic rings. The Hall–Kier alpha value is -3.96. The second kappa shape index (κ2) is 9.35. The van der Waals surface area contributed by atoms with Crippen LogP contribution in [-0.2, 0) is 17.5 Å². The molecular formula is C23H23F3N4O5. The first-order valence-corrected chi connectivity index (χ1v) is 10.7. The molecular weight excluding hydrogens is 469 g/mol. The number of ether oxygens (including phenoxy) is 2. The summed E-state index contributed by atoms with van der Waals surface area (Å²) in [6.45, 7) is 0.628. The maximum absolute atomic E-state index is 13.0. The number of amides is 1. The molecule has 2 heterocycles. The van der Waals surface area contributed by atoms with Crippen molar-refractivity contribution in [1.82, 2.24) is 14.5 Å². The van der Waals surface area contributed by atoms with Gasteiger partial charge in [-0.1, -0.05) is 6.07 Å². The Balaban J connectivity index is 1.50. The van der Waals surface area contributed by atoms with Crippen LogP contribution in [0.15, 0.2) is 46.0 Å². The van der Waals surface area contributed by atoms with Crippen LogP contribution in [0.4, 0.5) is 18.9 Å². The fraction of sp³-hybridized carbons (Fsp3) is 0.348. The minimum Gasteiger partial charge on any atom is -0.493 e. The highest BCUT2D eigenvalue weighted by molar-refractivity contribution is 5.82. The van der Waals surface area contributed by atoms with Crippen LogP contribution in [0.1, 0.15) is 5.56 Å². The van der Waals surface area contributed by atoms with E-state index in [-0.39, 0.29) is 24.0 Å². The largest absolute Gasteiger partial charge is 0.493 e. The van der Waals surface area contributed by atoms with Gasteiger partial charge in [-0.2, -0.15) is 13.2 Å². The molecule has 1 aromatic heterocycles. The van der Waals surface area contributed by atoms with Gasteiger partial charge in [0, 0.05) is 37.9 Å². The Labute approximate surface area is 197 Å². The molecule has 1 aliphatic heterocycles. The van der Waals surface area contributed by atoms with E-state index in [0.29, 0.717) is 30.3 Å². The number of halogens is 3. The molecule has 4 rings (SSSR count). The average Bonchev–Trinajstić information content (AvgIpc) is 2.85. The van der Waals surface area contributed by atoms with Crippen molar-refractivity contribution in [1.29, 1.82) is 0 Å². The summed E-state index contributed by atoms with van der Waals surface area (Å²) in [5, 5.41) is 0.157. The zero-order valence-electron chi connectivity index (χ0n) is 19.0. The van der Waals surface area contributed by atoms with E-state index in [1.165, 1.54) is 37.3 Å². The topological polar surface area (TPSA) is 96.9 Å². The normalized spacial score (nSPS) is 14.3. The highest BCUT2D eigenvalue weighted by Gasteiger charge is 2.31. The Morgan fingerprint density at radius 3 is 2.29 bits per heavy atom. The lowest BCUT2D eigenvalue weighted by Gasteiger charge is -2.36. The predicted octanol–water partition coefficient (Wildman–Crippen LogP) is 2.07. The molecule has 12 heteroatoms. The van der Waals surface area contributed by atoms with Crippen LogP contribution < -0.4 is 25.6 Å². The van der Waals surface area contributed by atoms with Crippen LogP contribution >= 0.6 is 0 Å². The van der Waals surface area contributed by atoms with E-state index in [4.69, 9.17) is 9.47 Å². The lowest BCUT2D eigenvalue weighted by atomic mass is 10.1. The standard InChI is InChI=1S/C23H23F3N4O5/c1-34-18-11-16-17(12-19(18)35-2)27-22(33)30(21(16)32)13-20(31)29-8-6-28(7-9-29)15-5-3-4-14(10-15)23(24,25)26/h3-5,10-12H,6-9,13H2,1-2H3,(H,27,33). The summed E-state index contributed by atoms with van der Waals surface area (Å²) in [7, 11) is 2.84. The van der Waals surface area contributed by atoms with Gasteiger partial charge < -0.3 is 24.3 Å². The Morgan fingerprint density at radius 1 is 1.00 bits per heavy atom. The van der Waals surface area contributed by atoms with Crippen molar-refractivity contribution in [2.24, 2.45) is 0 Å². The van der Waals surface area contributed by atoms with Crippen LogP contribution in [0.5, 0.6) is 11.5 Å². The zero-order valence-corrected chi connectivity index (χ0v) is 19.0. The van der Waals surface area contributed by atoms with Gasteiger partial charge in [-0.25, -0.2) is 4.79 Å². The Morgan fingerprint density at radius 2 is 1.66 bits per heavy atom. The van der Waals surface area contributed by atoms with Crippen molar-refractivity contribution in [2.75, 3.05) is 45.3 Å². The fourth-order valence-electron chi connectivity index (χ4n) is 4.05. The van der Waals surface area contributed by atoms with E-state index in [0.717, 1.165) is 16.7 Å². The lowest BCUT2D eigenvalue weighted by Crippen LogP contribution is -2.51. The molecule has 0 unspecified atom stereocenters. The zero-order chi connectivity index (χ0) is 25.3. The van der Waals surface area contributed by atoms with Gasteiger partial charge in [-0.05, 0) is 24.3 Å². The van der Waals surface area contributed by atoms with E-state index in [2.05, 4.69) is 4.98 Å². The highest BCUT2D eigenvalue weighted by Crippen LogP contribution is 2.32. The third-order valence-electron chi connectivity index (χ3n) is 5.95. The van der Waals surface area contributed by atoms with Crippen LogP contribution in [0.3, 0.4) is 0 Å². The van der Waals surface area contributed by atoms with Gasteiger partial charge in [0.05, 0.1) is 30.7 Å². The predicted molar refractivity (Wildman–Crippen MR) is 122 cm³/mol. The maximum atomic E-state index is 13.0. The van der Waals surface area contributed by atoms with Gasteiger partial charge in [-0.3, -0.25) is 14.2 Å². The number of H-pyrrole nitrogens is 1. The van der Waals surface area contributed by atoms with Gasteiger partial charge in [-0.15, -0.1) is 0 Å². The molecule has 0 atom stereocenters. The van der Waals surface area contributed by atoms with Crippen LogP contribution in [0.2, 0.25) is 0 Å². The molecule has 0 bridgehead atoms. The maximum Gasteiger partial charge on any atom is 0.416 e. The molecule has 0 spiro atoms. The number of carbonyl (C=O) groups is 1. The summed E-state index contributed by atoms with van der Waals surface area (Å²) in [5.41, 5.74) is -1.47. The van der Waals surface area contributed by atoms with Crippen molar-refractivity contribution in [3.8, 4) is 11.5 Å². The number of aromatic amines is 1. The van der Waals surface area contributed by atoms with E-state index in [1.54, 1.807) is 11.0 Å². The van der Waals surface area contributed by atoms with E-state index in [9.17, 15) is 27.6 Å². The van der Waals surface area contributed by atoms with Gasteiger partial charge in [0.15, 0.2) is 11.5 Å². The molecule has 1 saturated heterocycles. The van der Waals surface area contributed by atoms with Crippen molar-refractivity contribution in [2.45, 2.75) is 12.7 Å². The molecule has 1 fully saturated rings. The van der Waals surface area contributed by atoms with Gasteiger partial charge >= 0.3 is 11.9 Å². The van der Waals surface area contributed by atoms with Gasteiger partial charge in [0.1, 0.15) is 6.54 Å². The van der Waals surface area contributed by atoms with Crippen LogP contribution in [0.25, 0.3) is 10.9 Å². The number of nitrogens with zero attached hydrogens (tertiary/aromatic N) is 3. The SMILES string of the molecule is COc1cc2[nH]c(=O)n(CC(=O)N3CCN(c4cccc(C(F)(F)F)c4)CC3)c(=O)c2cc1OC. The number of hydrogen-bond donors (Lipinski definition) is 1. The second-order valence-corrected chi connectivity index (χ2v) is 7.99. The molecule has 35 heavy (non-hydrogen) atoms. The summed E-state index contributed by atoms with van der Waals surface area (Å²) < 4.78 is 50.2. The molecule has 186 valence electrons. The van der Waals surface area contributed by atoms with Crippen molar-refractivity contribution < 1.29 is 27.4 Å². The molecule has 0 radical (unpaired) electrons. The fourth-order valence-corrected chi connectivity index (χ4v) is 4.05. The monoisotopic (exact) mass is 492 g/mol. The van der Waals surface area contributed by atoms with E-state index < -0.39 is 35.4 Å². The number of aromatic nitrogens is 2. The summed E-state index contributed by atoms with van der Waals surface area (Å²) in [6.07, 6.45) is -4.44. The minimum absolute atomic E-state index is 0.157. The number of benzene rings is 2. The molecule has 2 aromatic carbocycles. The summed E-state index contributed by atoms with van der Waals surface area (Å²) >= 11 is 0. The van der Waals surface area contributed by atoms with Crippen molar-refractivity contribution in [3.63, 3.8) is 0 Å². The summed E-state index contributed by atoms with van der Waals surface area (Å²) in [5.74, 6) is 0.191. The molecule has 0 saturated carbocycles. The second-order valence-electron chi connectivity index (χ2n) is 7.99. The number of hydrogen-bond acceptors (Lipinski definition) is 6. The quantitative estimate of drug-likeness (QED) is 0.586. The lowest BCUT2D eigenvalue weighted by molar-refractivity contribution is -0.137. The first kappa shape index (κ1) is 24.2. The summed E-state index contributed by atoms with van der Waals surface area (Å²) in [4.78, 5) is 44.2. The number of nitrogens with one attached hydrogen (secondary N) is 1. The Kier molecular flexibility index (Phi) is 6.46. The number of alkyl halides is 3. The number of anilines is 1. The smallest absolute Gasteiger partial charge is 0.416 e. The number of carbonyl (C=O) groups excluding carboxylic acids is 1. The molecule has 0 aliphatic carbocycles. The third-order valence-corrected chi connectivity index (χ3v) is 5.95. The number of methoxy groups -OCH3 is 2. The number of piperazine rings is 1. The molecule has 1 amide bonds. The minimum atomic E-state index is -4.44. The van der Waals surface area contributed by atoms with Crippen molar-refractivity contribution in [3.05, 3.63) is 62.8 Å². The Bertz CT molecular complexity index is 1370. The van der Waals surface area contributed by atoms with Crippen LogP contribution in [0, 0.1) is 0 Å². The summed E-state index contributed by atoms with van der Waals surface area (Å²) in [6, 6.07) is 7.92. The molecule has 1 N–H and O–H groups in total. The molecule has 9 nitrogen and oxygen atoms in total.